The van der Waals surface area contributed by atoms with Crippen LogP contribution in [0.3, 0.4) is 0 Å². The molecule has 0 spiro atoms. The second-order valence-corrected chi connectivity index (χ2v) is 26.0. The zero-order chi connectivity index (χ0) is 72.0. The molecule has 1 aromatic heterocycles. The van der Waals surface area contributed by atoms with Crippen LogP contribution in [-0.4, -0.2) is 203 Å². The molecule has 0 unspecified atom stereocenters. The maximum Gasteiger partial charge on any atom is 0.245 e. The van der Waals surface area contributed by atoms with Gasteiger partial charge in [0.15, 0.2) is 5.96 Å². The highest BCUT2D eigenvalue weighted by atomic mass is 32.2. The molecule has 0 aliphatic carbocycles. The van der Waals surface area contributed by atoms with E-state index in [2.05, 4.69) is 52.5 Å². The van der Waals surface area contributed by atoms with Crippen molar-refractivity contribution in [2.45, 2.75) is 183 Å². The van der Waals surface area contributed by atoms with Crippen molar-refractivity contribution in [2.75, 3.05) is 44.7 Å². The summed E-state index contributed by atoms with van der Waals surface area (Å²) in [6.07, 6.45) is 4.62. The number of rotatable bonds is 42. The Balaban J connectivity index is 1.37. The second-order valence-electron chi connectivity index (χ2n) is 25.0. The van der Waals surface area contributed by atoms with Gasteiger partial charge >= 0.3 is 0 Å². The Bertz CT molecular complexity index is 3280. The fourth-order valence-corrected chi connectivity index (χ4v) is 12.2. The van der Waals surface area contributed by atoms with Gasteiger partial charge in [0.05, 0.1) is 12.6 Å². The van der Waals surface area contributed by atoms with Crippen molar-refractivity contribution >= 4 is 105 Å². The Morgan fingerprint density at radius 3 is 1.70 bits per heavy atom. The van der Waals surface area contributed by atoms with Crippen molar-refractivity contribution in [3.8, 4) is 0 Å². The van der Waals surface area contributed by atoms with Gasteiger partial charge in [-0.3, -0.25) is 67.3 Å². The average molecular weight is 1390 g/mol. The van der Waals surface area contributed by atoms with E-state index in [1.165, 1.54) is 21.6 Å². The highest BCUT2D eigenvalue weighted by Gasteiger charge is 2.42. The van der Waals surface area contributed by atoms with Gasteiger partial charge in [0.25, 0.3) is 0 Å². The van der Waals surface area contributed by atoms with Gasteiger partial charge in [-0.2, -0.15) is 11.8 Å². The van der Waals surface area contributed by atoms with Gasteiger partial charge in [-0.05, 0) is 125 Å². The molecule has 5 rings (SSSR count). The van der Waals surface area contributed by atoms with E-state index in [-0.39, 0.29) is 83.0 Å². The number of amides is 13. The summed E-state index contributed by atoms with van der Waals surface area (Å²) in [5, 5.41) is 21.9. The predicted molar refractivity (Wildman–Crippen MR) is 367 cm³/mol. The molecule has 2 aliphatic rings. The molecule has 98 heavy (non-hydrogen) atoms. The highest BCUT2D eigenvalue weighted by molar-refractivity contribution is 7.98. The summed E-state index contributed by atoms with van der Waals surface area (Å²) in [5.41, 5.74) is 41.4. The average Bonchev–Trinajstić information content (AvgIpc) is 1.69. The number of fused-ring (bicyclic) bond motifs is 1. The quantitative estimate of drug-likeness (QED) is 0.0151. The summed E-state index contributed by atoms with van der Waals surface area (Å²) >= 11 is 1.45. The Labute approximate surface area is 573 Å². The molecule has 32 nitrogen and oxygen atoms in total. The minimum atomic E-state index is -1.66. The molecule has 2 fully saturated rings. The van der Waals surface area contributed by atoms with Crippen LogP contribution in [0.1, 0.15) is 121 Å². The molecule has 0 bridgehead atoms. The number of para-hydroxylation sites is 1. The van der Waals surface area contributed by atoms with Crippen molar-refractivity contribution in [3.63, 3.8) is 0 Å². The van der Waals surface area contributed by atoms with Gasteiger partial charge in [-0.25, -0.2) is 0 Å². The maximum atomic E-state index is 14.9. The van der Waals surface area contributed by atoms with E-state index >= 15 is 0 Å². The van der Waals surface area contributed by atoms with Crippen LogP contribution in [-0.2, 0) is 75.2 Å². The third-order valence-corrected chi connectivity index (χ3v) is 17.5. The molecule has 538 valence electrons. The largest absolute Gasteiger partial charge is 0.370 e. The number of guanidine groups is 1. The zero-order valence-electron chi connectivity index (χ0n) is 56.0. The molecule has 33 heteroatoms. The lowest BCUT2D eigenvalue weighted by Crippen LogP contribution is -2.60. The number of aromatic nitrogens is 1. The highest BCUT2D eigenvalue weighted by Crippen LogP contribution is 2.24. The van der Waals surface area contributed by atoms with Crippen LogP contribution in [0, 0.1) is 5.92 Å². The fraction of sp³-hybridized carbons (Fsp3) is 0.569. The standard InChI is InChI=1S/C65H99N19O13S/c1-37(2)32-47(59(92)77-43(55(70)88)26-31-98-3)76-54(87)36-75-56(89)48(33-38-14-5-4-6-15-38)81-60(93)49(34-39-35-74-42-18-8-7-16-40(39)42)82-58(91)44(22-24-52(68)85)78-57(90)45(23-25-53(69)86)79-61(94)51-21-13-30-84(51)64(97)46(19-9-10-27-66)80-62(95)50-20-12-29-83(50)63(96)41(67)17-11-28-73-65(71)72/h4-8,14-16,18,35,37,41,43-51,74H,9-13,17,19-34,36,66-67H2,1-3H3,(H2,68,85)(H2,69,86)(H2,70,88)(H,75,89)(H,76,87)(H,77,92)(H,78,90)(H,79,94)(H,80,95)(H,81,93)(H,82,91)(H4,71,72,73)/t41-,43-,44-,45-,46-,47-,48-,49-,50-,51-/m0/s1. The van der Waals surface area contributed by atoms with E-state index in [4.69, 9.17) is 40.1 Å². The van der Waals surface area contributed by atoms with Gasteiger partial charge < -0.3 is 97.5 Å². The number of benzene rings is 2. The summed E-state index contributed by atoms with van der Waals surface area (Å²) in [5.74, 6) is -9.88. The molecule has 0 radical (unpaired) electrons. The third kappa shape index (κ3) is 25.6. The summed E-state index contributed by atoms with van der Waals surface area (Å²) in [4.78, 5) is 189. The van der Waals surface area contributed by atoms with E-state index in [1.54, 1.807) is 60.8 Å². The summed E-state index contributed by atoms with van der Waals surface area (Å²) < 4.78 is 0. The third-order valence-electron chi connectivity index (χ3n) is 16.8. The van der Waals surface area contributed by atoms with E-state index < -0.39 is 169 Å². The fourth-order valence-electron chi connectivity index (χ4n) is 11.7. The minimum Gasteiger partial charge on any atom is -0.370 e. The lowest BCUT2D eigenvalue weighted by atomic mass is 10.0. The van der Waals surface area contributed by atoms with E-state index in [0.29, 0.717) is 66.3 Å². The number of nitrogens with zero attached hydrogens (tertiary/aromatic N) is 3. The van der Waals surface area contributed by atoms with Crippen LogP contribution in [0.2, 0.25) is 0 Å². The number of hydrogen-bond donors (Lipinski definition) is 16. The van der Waals surface area contributed by atoms with Crippen LogP contribution in [0.25, 0.3) is 10.9 Å². The first-order chi connectivity index (χ1) is 46.7. The topological polar surface area (TPSA) is 535 Å². The number of likely N-dealkylation sites (tertiary alicyclic amines) is 2. The van der Waals surface area contributed by atoms with Crippen LogP contribution >= 0.6 is 11.8 Å². The zero-order valence-corrected chi connectivity index (χ0v) is 56.8. The van der Waals surface area contributed by atoms with Crippen molar-refractivity contribution in [1.29, 1.82) is 0 Å². The molecular formula is C65H99N19O13S. The number of aliphatic imine (C=N–C) groups is 1. The van der Waals surface area contributed by atoms with Gasteiger partial charge in [0.1, 0.15) is 54.4 Å². The summed E-state index contributed by atoms with van der Waals surface area (Å²) in [6, 6.07) is 3.05. The van der Waals surface area contributed by atoms with Crippen LogP contribution < -0.4 is 82.7 Å². The SMILES string of the molecule is CSCC[C@H](NC(=O)[C@H](CC(C)C)NC(=O)CNC(=O)[C@H](Cc1ccccc1)NC(=O)[C@H](Cc1c[nH]c2ccccc12)NC(=O)[C@H](CCC(N)=O)NC(=O)[C@H](CCC(N)=O)NC(=O)[C@@H]1CCCN1C(=O)[C@H](CCCCN)NC(=O)[C@@H]1CCCN1C(=O)[C@@H](N)CCCN=C(N)N)C(N)=O. The molecule has 2 aliphatic heterocycles. The number of H-pyrrole nitrogens is 1. The Morgan fingerprint density at radius 2 is 1.12 bits per heavy atom. The second kappa shape index (κ2) is 40.4. The number of nitrogens with two attached hydrogens (primary N) is 7. The first kappa shape index (κ1) is 79.3. The van der Waals surface area contributed by atoms with Crippen molar-refractivity contribution in [3.05, 3.63) is 71.9 Å². The molecular weight excluding hydrogens is 1290 g/mol. The van der Waals surface area contributed by atoms with Gasteiger partial charge in [0, 0.05) is 62.4 Å². The molecule has 13 amide bonds. The smallest absolute Gasteiger partial charge is 0.245 e. The normalized spacial score (nSPS) is 16.8. The Morgan fingerprint density at radius 1 is 0.582 bits per heavy atom. The lowest BCUT2D eigenvalue weighted by Gasteiger charge is -2.32. The number of primary amides is 3. The number of carbonyl (C=O) groups is 13. The van der Waals surface area contributed by atoms with Gasteiger partial charge in [0.2, 0.25) is 76.8 Å². The van der Waals surface area contributed by atoms with Crippen LogP contribution in [0.4, 0.5) is 0 Å². The molecule has 0 saturated carbocycles. The first-order valence-electron chi connectivity index (χ1n) is 33.2. The predicted octanol–water partition coefficient (Wildman–Crippen LogP) is -3.23. The van der Waals surface area contributed by atoms with Crippen molar-refractivity contribution in [1.82, 2.24) is 57.3 Å². The Hall–Kier alpha value is -9.37. The minimum absolute atomic E-state index is 0.0692. The summed E-state index contributed by atoms with van der Waals surface area (Å²) in [7, 11) is 0. The van der Waals surface area contributed by atoms with Crippen molar-refractivity contribution in [2.24, 2.45) is 51.0 Å². The van der Waals surface area contributed by atoms with Gasteiger partial charge in [-0.15, -0.1) is 0 Å². The van der Waals surface area contributed by atoms with Crippen molar-refractivity contribution < 1.29 is 62.3 Å². The van der Waals surface area contributed by atoms with E-state index in [0.717, 1.165) is 0 Å². The molecule has 10 atom stereocenters. The number of unbranched alkanes of at least 4 members (excludes halogenated alkanes) is 1. The molecule has 3 heterocycles. The Kier molecular flexibility index (Phi) is 32.7. The van der Waals surface area contributed by atoms with Crippen LogP contribution in [0.5, 0.6) is 0 Å². The van der Waals surface area contributed by atoms with Gasteiger partial charge in [-0.1, -0.05) is 62.4 Å². The number of carbonyl (C=O) groups excluding carboxylic acids is 13. The molecule has 3 aromatic rings. The number of aromatic amines is 1. The van der Waals surface area contributed by atoms with E-state index in [9.17, 15) is 62.3 Å². The van der Waals surface area contributed by atoms with Crippen LogP contribution in [0.15, 0.2) is 65.8 Å². The number of nitrogens with one attached hydrogen (secondary N) is 9. The number of thioether (sulfide) groups is 1. The lowest BCUT2D eigenvalue weighted by molar-refractivity contribution is -0.144. The molecule has 2 aromatic carbocycles. The first-order valence-corrected chi connectivity index (χ1v) is 34.6. The number of hydrogen-bond acceptors (Lipinski definition) is 17. The monoisotopic (exact) mass is 1390 g/mol. The van der Waals surface area contributed by atoms with E-state index in [1.807, 2.05) is 20.1 Å². The maximum absolute atomic E-state index is 14.9. The molecule has 23 N–H and O–H groups in total. The summed E-state index contributed by atoms with van der Waals surface area (Å²) in [6.45, 7) is 3.85. The molecule has 2 saturated heterocycles.